The first-order valence-corrected chi connectivity index (χ1v) is 7.83. The van der Waals surface area contributed by atoms with Gasteiger partial charge in [0.15, 0.2) is 5.82 Å². The molecule has 3 nitrogen and oxygen atoms in total. The van der Waals surface area contributed by atoms with Gasteiger partial charge < -0.3 is 4.57 Å². The Hall–Kier alpha value is -0.680. The van der Waals surface area contributed by atoms with E-state index in [1.165, 1.54) is 5.56 Å². The molecule has 0 radical (unpaired) electrons. The number of hydrogen-bond acceptors (Lipinski definition) is 2. The van der Waals surface area contributed by atoms with Crippen molar-refractivity contribution in [2.24, 2.45) is 0 Å². The van der Waals surface area contributed by atoms with E-state index in [9.17, 15) is 0 Å². The summed E-state index contributed by atoms with van der Waals surface area (Å²) in [7, 11) is 0. The van der Waals surface area contributed by atoms with Crippen molar-refractivity contribution in [3.05, 3.63) is 34.1 Å². The van der Waals surface area contributed by atoms with Crippen LogP contribution in [0.2, 0.25) is 0 Å². The number of hydrogen-bond donors (Lipinski definition) is 0. The Morgan fingerprint density at radius 1 is 1.28 bits per heavy atom. The van der Waals surface area contributed by atoms with Gasteiger partial charge >= 0.3 is 0 Å². The molecular weight excluding hydrogens is 358 g/mol. The molecule has 0 aliphatic heterocycles. The van der Waals surface area contributed by atoms with Crippen LogP contribution >= 0.6 is 31.9 Å². The molecule has 18 heavy (non-hydrogen) atoms. The summed E-state index contributed by atoms with van der Waals surface area (Å²) in [6, 6.07) is 6.29. The molecule has 0 saturated carbocycles. The minimum Gasteiger partial charge on any atom is -0.310 e. The maximum absolute atomic E-state index is 4.31. The molecule has 0 aliphatic carbocycles. The second-order valence-corrected chi connectivity index (χ2v) is 5.60. The first-order valence-electron chi connectivity index (χ1n) is 5.92. The van der Waals surface area contributed by atoms with E-state index in [-0.39, 0.29) is 0 Å². The largest absolute Gasteiger partial charge is 0.310 e. The van der Waals surface area contributed by atoms with Gasteiger partial charge in [0.05, 0.1) is 5.33 Å². The highest BCUT2D eigenvalue weighted by Crippen LogP contribution is 2.25. The van der Waals surface area contributed by atoms with E-state index >= 15 is 0 Å². The van der Waals surface area contributed by atoms with E-state index in [1.54, 1.807) is 0 Å². The van der Waals surface area contributed by atoms with Gasteiger partial charge in [0.25, 0.3) is 0 Å². The smallest absolute Gasteiger partial charge is 0.164 e. The summed E-state index contributed by atoms with van der Waals surface area (Å²) in [5, 5.41) is 9.27. The molecule has 0 saturated heterocycles. The first-order chi connectivity index (χ1) is 8.67. The summed E-state index contributed by atoms with van der Waals surface area (Å²) >= 11 is 7.02. The molecular formula is C13H15Br2N3. The zero-order valence-electron chi connectivity index (χ0n) is 10.5. The fourth-order valence-electron chi connectivity index (χ4n) is 1.84. The zero-order valence-corrected chi connectivity index (χ0v) is 13.6. The highest BCUT2D eigenvalue weighted by atomic mass is 79.9. The minimum atomic E-state index is 0.729. The van der Waals surface area contributed by atoms with Crippen molar-refractivity contribution < 1.29 is 0 Å². The Labute approximate surface area is 124 Å². The lowest BCUT2D eigenvalue weighted by Gasteiger charge is -2.08. The lowest BCUT2D eigenvalue weighted by atomic mass is 10.1. The van der Waals surface area contributed by atoms with E-state index in [4.69, 9.17) is 0 Å². The van der Waals surface area contributed by atoms with E-state index in [1.807, 2.05) is 0 Å². The summed E-state index contributed by atoms with van der Waals surface area (Å²) in [4.78, 5) is 0. The molecule has 0 spiro atoms. The number of alkyl halides is 1. The molecule has 1 aromatic heterocycles. The molecule has 1 heterocycles. The summed E-state index contributed by atoms with van der Waals surface area (Å²) in [6.45, 7) is 5.18. The Kier molecular flexibility index (Phi) is 4.56. The molecule has 2 aromatic rings. The normalized spacial score (nSPS) is 10.9. The molecule has 2 rings (SSSR count). The van der Waals surface area contributed by atoms with Gasteiger partial charge in [0.2, 0.25) is 0 Å². The molecule has 96 valence electrons. The fraction of sp³-hybridized carbons (Fsp3) is 0.385. The Morgan fingerprint density at radius 3 is 2.67 bits per heavy atom. The molecule has 0 N–H and O–H groups in total. The van der Waals surface area contributed by atoms with Crippen LogP contribution in [-0.4, -0.2) is 14.8 Å². The van der Waals surface area contributed by atoms with Crippen LogP contribution in [0.25, 0.3) is 11.4 Å². The van der Waals surface area contributed by atoms with Gasteiger partial charge in [0.1, 0.15) is 5.82 Å². The van der Waals surface area contributed by atoms with Crippen LogP contribution in [0.1, 0.15) is 24.7 Å². The number of halogens is 2. The number of aromatic nitrogens is 3. The lowest BCUT2D eigenvalue weighted by Crippen LogP contribution is -2.03. The molecule has 0 aliphatic rings. The SMILES string of the molecule is CCCn1c(CBr)nnc1-c1ccc(C)c(Br)c1. The summed E-state index contributed by atoms with van der Waals surface area (Å²) < 4.78 is 3.28. The average molecular weight is 373 g/mol. The number of rotatable bonds is 4. The second kappa shape index (κ2) is 5.97. The van der Waals surface area contributed by atoms with E-state index in [2.05, 4.69) is 78.7 Å². The molecule has 1 aromatic carbocycles. The molecule has 0 bridgehead atoms. The second-order valence-electron chi connectivity index (χ2n) is 4.19. The Morgan fingerprint density at radius 2 is 2.06 bits per heavy atom. The third-order valence-electron chi connectivity index (χ3n) is 2.82. The predicted molar refractivity (Wildman–Crippen MR) is 80.8 cm³/mol. The maximum Gasteiger partial charge on any atom is 0.164 e. The monoisotopic (exact) mass is 371 g/mol. The predicted octanol–water partition coefficient (Wildman–Crippen LogP) is 4.32. The van der Waals surface area contributed by atoms with Gasteiger partial charge in [-0.25, -0.2) is 0 Å². The third kappa shape index (κ3) is 2.67. The number of benzene rings is 1. The van der Waals surface area contributed by atoms with Crippen LogP contribution in [-0.2, 0) is 11.9 Å². The lowest BCUT2D eigenvalue weighted by molar-refractivity contribution is 0.661. The third-order valence-corrected chi connectivity index (χ3v) is 4.18. The van der Waals surface area contributed by atoms with Crippen molar-refractivity contribution in [3.8, 4) is 11.4 Å². The van der Waals surface area contributed by atoms with Gasteiger partial charge in [-0.1, -0.05) is 50.9 Å². The van der Waals surface area contributed by atoms with Crippen LogP contribution in [0, 0.1) is 6.92 Å². The van der Waals surface area contributed by atoms with Crippen molar-refractivity contribution in [1.29, 1.82) is 0 Å². The van der Waals surface area contributed by atoms with Crippen molar-refractivity contribution in [3.63, 3.8) is 0 Å². The van der Waals surface area contributed by atoms with Crippen LogP contribution in [0.5, 0.6) is 0 Å². The highest BCUT2D eigenvalue weighted by Gasteiger charge is 2.12. The number of nitrogens with zero attached hydrogens (tertiary/aromatic N) is 3. The summed E-state index contributed by atoms with van der Waals surface area (Å²) in [5.41, 5.74) is 2.32. The first kappa shape index (κ1) is 13.7. The fourth-order valence-corrected chi connectivity index (χ4v) is 2.63. The van der Waals surface area contributed by atoms with Crippen LogP contribution < -0.4 is 0 Å². The topological polar surface area (TPSA) is 30.7 Å². The van der Waals surface area contributed by atoms with Gasteiger partial charge in [0, 0.05) is 16.6 Å². The molecule has 0 atom stereocenters. The molecule has 0 fully saturated rings. The highest BCUT2D eigenvalue weighted by molar-refractivity contribution is 9.10. The van der Waals surface area contributed by atoms with Crippen molar-refractivity contribution >= 4 is 31.9 Å². The van der Waals surface area contributed by atoms with Crippen LogP contribution in [0.4, 0.5) is 0 Å². The Balaban J connectivity index is 2.49. The molecule has 0 unspecified atom stereocenters. The van der Waals surface area contributed by atoms with E-state index < -0.39 is 0 Å². The average Bonchev–Trinajstić information content (AvgIpc) is 2.76. The van der Waals surface area contributed by atoms with Crippen molar-refractivity contribution in [1.82, 2.24) is 14.8 Å². The van der Waals surface area contributed by atoms with Crippen molar-refractivity contribution in [2.45, 2.75) is 32.1 Å². The zero-order chi connectivity index (χ0) is 13.1. The van der Waals surface area contributed by atoms with Gasteiger partial charge in [-0.15, -0.1) is 10.2 Å². The summed E-state index contributed by atoms with van der Waals surface area (Å²) in [6.07, 6.45) is 1.07. The quantitative estimate of drug-likeness (QED) is 0.748. The molecule has 5 heteroatoms. The van der Waals surface area contributed by atoms with E-state index in [0.29, 0.717) is 0 Å². The van der Waals surface area contributed by atoms with Crippen LogP contribution in [0.3, 0.4) is 0 Å². The van der Waals surface area contributed by atoms with Crippen LogP contribution in [0.15, 0.2) is 22.7 Å². The standard InChI is InChI=1S/C13H15Br2N3/c1-3-6-18-12(8-14)16-17-13(18)10-5-4-9(2)11(15)7-10/h4-5,7H,3,6,8H2,1-2H3. The van der Waals surface area contributed by atoms with Gasteiger partial charge in [-0.2, -0.15) is 0 Å². The number of aryl methyl sites for hydroxylation is 1. The molecule has 0 amide bonds. The Bertz CT molecular complexity index is 549. The minimum absolute atomic E-state index is 0.729. The van der Waals surface area contributed by atoms with Gasteiger partial charge in [-0.05, 0) is 25.0 Å². The van der Waals surface area contributed by atoms with Crippen molar-refractivity contribution in [2.75, 3.05) is 0 Å². The van der Waals surface area contributed by atoms with E-state index in [0.717, 1.165) is 40.0 Å². The summed E-state index contributed by atoms with van der Waals surface area (Å²) in [5.74, 6) is 1.91. The maximum atomic E-state index is 4.31. The van der Waals surface area contributed by atoms with Gasteiger partial charge in [-0.3, -0.25) is 0 Å².